The van der Waals surface area contributed by atoms with Gasteiger partial charge in [0.15, 0.2) is 0 Å². The van der Waals surface area contributed by atoms with Gasteiger partial charge in [0.25, 0.3) is 0 Å². The predicted molar refractivity (Wildman–Crippen MR) is 76.5 cm³/mol. The van der Waals surface area contributed by atoms with Crippen LogP contribution in [0.2, 0.25) is 0 Å². The van der Waals surface area contributed by atoms with Crippen LogP contribution in [0.3, 0.4) is 0 Å². The Morgan fingerprint density at radius 3 is 2.84 bits per heavy atom. The molecule has 1 unspecified atom stereocenters. The first-order valence-electron chi connectivity index (χ1n) is 6.69. The fourth-order valence-electron chi connectivity index (χ4n) is 1.78. The fourth-order valence-corrected chi connectivity index (χ4v) is 1.78. The van der Waals surface area contributed by atoms with Crippen LogP contribution in [0.15, 0.2) is 24.3 Å². The highest BCUT2D eigenvalue weighted by Gasteiger charge is 2.05. The van der Waals surface area contributed by atoms with E-state index in [0.29, 0.717) is 32.0 Å². The van der Waals surface area contributed by atoms with Gasteiger partial charge < -0.3 is 15.8 Å². The topological polar surface area (TPSA) is 64.3 Å². The Labute approximate surface area is 115 Å². The van der Waals surface area contributed by atoms with E-state index in [9.17, 15) is 4.79 Å². The maximum absolute atomic E-state index is 11.7. The van der Waals surface area contributed by atoms with Crippen LogP contribution in [0.4, 0.5) is 0 Å². The predicted octanol–water partition coefficient (Wildman–Crippen LogP) is 1.82. The van der Waals surface area contributed by atoms with Crippen molar-refractivity contribution in [2.45, 2.75) is 32.9 Å². The second kappa shape index (κ2) is 8.67. The summed E-state index contributed by atoms with van der Waals surface area (Å²) in [5, 5.41) is 2.93. The van der Waals surface area contributed by atoms with Gasteiger partial charge in [0.05, 0.1) is 6.61 Å². The summed E-state index contributed by atoms with van der Waals surface area (Å²) in [6.07, 6.45) is 1.38. The molecule has 0 spiro atoms. The van der Waals surface area contributed by atoms with E-state index >= 15 is 0 Å². The molecule has 0 aromatic heterocycles. The maximum Gasteiger partial charge on any atom is 0.220 e. The zero-order chi connectivity index (χ0) is 14.1. The molecule has 0 fully saturated rings. The van der Waals surface area contributed by atoms with Crippen LogP contribution in [0.25, 0.3) is 0 Å². The Bertz CT molecular complexity index is 393. The number of methoxy groups -OCH3 is 1. The Balaban J connectivity index is 2.35. The first-order chi connectivity index (χ1) is 9.15. The molecule has 4 heteroatoms. The Kier molecular flexibility index (Phi) is 7.15. The van der Waals surface area contributed by atoms with Crippen LogP contribution in [-0.4, -0.2) is 19.6 Å². The maximum atomic E-state index is 11.7. The van der Waals surface area contributed by atoms with Crippen molar-refractivity contribution in [3.63, 3.8) is 0 Å². The average molecular weight is 264 g/mol. The molecule has 0 aliphatic heterocycles. The van der Waals surface area contributed by atoms with Gasteiger partial charge in [-0.3, -0.25) is 4.79 Å². The Morgan fingerprint density at radius 1 is 1.42 bits per heavy atom. The normalized spacial score (nSPS) is 12.2. The molecule has 106 valence electrons. The number of carbonyl (C=O) groups excluding carboxylic acids is 1. The number of hydrogen-bond donors (Lipinski definition) is 2. The molecular formula is C15H24N2O2. The first-order valence-corrected chi connectivity index (χ1v) is 6.69. The largest absolute Gasteiger partial charge is 0.380 e. The van der Waals surface area contributed by atoms with Crippen molar-refractivity contribution >= 4 is 5.91 Å². The molecule has 1 aromatic carbocycles. The summed E-state index contributed by atoms with van der Waals surface area (Å²) in [6, 6.07) is 8.04. The number of ether oxygens (including phenoxy) is 1. The van der Waals surface area contributed by atoms with Crippen molar-refractivity contribution in [2.75, 3.05) is 13.7 Å². The van der Waals surface area contributed by atoms with Crippen molar-refractivity contribution in [3.05, 3.63) is 35.4 Å². The van der Waals surface area contributed by atoms with Crippen LogP contribution in [0.1, 0.15) is 30.9 Å². The molecule has 19 heavy (non-hydrogen) atoms. The summed E-state index contributed by atoms with van der Waals surface area (Å²) in [5.74, 6) is 0.480. The molecule has 0 aliphatic rings. The quantitative estimate of drug-likeness (QED) is 0.753. The molecule has 3 N–H and O–H groups in total. The number of carbonyl (C=O) groups is 1. The number of hydrogen-bond acceptors (Lipinski definition) is 3. The third-order valence-corrected chi connectivity index (χ3v) is 3.06. The summed E-state index contributed by atoms with van der Waals surface area (Å²) in [5.41, 5.74) is 7.73. The van der Waals surface area contributed by atoms with E-state index in [1.165, 1.54) is 0 Å². The number of rotatable bonds is 8. The minimum absolute atomic E-state index is 0.0810. The average Bonchev–Trinajstić information content (AvgIpc) is 2.43. The molecule has 1 atom stereocenters. The molecule has 1 rings (SSSR count). The molecule has 1 aromatic rings. The van der Waals surface area contributed by atoms with Crippen molar-refractivity contribution in [1.29, 1.82) is 0 Å². The van der Waals surface area contributed by atoms with Gasteiger partial charge in [-0.15, -0.1) is 0 Å². The summed E-state index contributed by atoms with van der Waals surface area (Å²) in [7, 11) is 1.67. The third-order valence-electron chi connectivity index (χ3n) is 3.06. The standard InChI is InChI=1S/C15H24N2O2/c1-12(9-16)6-7-15(18)17-10-13-4-3-5-14(8-13)11-19-2/h3-5,8,12H,6-7,9-11,16H2,1-2H3,(H,17,18). The second-order valence-electron chi connectivity index (χ2n) is 4.91. The van der Waals surface area contributed by atoms with E-state index in [1.54, 1.807) is 7.11 Å². The van der Waals surface area contributed by atoms with Gasteiger partial charge in [-0.1, -0.05) is 31.2 Å². The second-order valence-corrected chi connectivity index (χ2v) is 4.91. The van der Waals surface area contributed by atoms with Gasteiger partial charge in [-0.05, 0) is 30.0 Å². The zero-order valence-electron chi connectivity index (χ0n) is 11.8. The highest BCUT2D eigenvalue weighted by molar-refractivity contribution is 5.75. The molecule has 0 radical (unpaired) electrons. The van der Waals surface area contributed by atoms with Crippen LogP contribution in [-0.2, 0) is 22.7 Å². The van der Waals surface area contributed by atoms with Gasteiger partial charge in [-0.2, -0.15) is 0 Å². The van der Waals surface area contributed by atoms with E-state index in [4.69, 9.17) is 10.5 Å². The van der Waals surface area contributed by atoms with Gasteiger partial charge >= 0.3 is 0 Å². The molecule has 4 nitrogen and oxygen atoms in total. The fraction of sp³-hybridized carbons (Fsp3) is 0.533. The number of amides is 1. The lowest BCUT2D eigenvalue weighted by atomic mass is 10.1. The van der Waals surface area contributed by atoms with Gasteiger partial charge in [0, 0.05) is 20.1 Å². The van der Waals surface area contributed by atoms with Crippen LogP contribution in [0, 0.1) is 5.92 Å². The van der Waals surface area contributed by atoms with E-state index < -0.39 is 0 Å². The Morgan fingerprint density at radius 2 is 2.16 bits per heavy atom. The van der Waals surface area contributed by atoms with E-state index in [-0.39, 0.29) is 5.91 Å². The molecule has 0 aliphatic carbocycles. The van der Waals surface area contributed by atoms with E-state index in [0.717, 1.165) is 17.5 Å². The van der Waals surface area contributed by atoms with Crippen molar-refractivity contribution in [2.24, 2.45) is 11.7 Å². The molecule has 0 bridgehead atoms. The number of nitrogens with two attached hydrogens (primary N) is 1. The highest BCUT2D eigenvalue weighted by Crippen LogP contribution is 2.07. The lowest BCUT2D eigenvalue weighted by molar-refractivity contribution is -0.121. The van der Waals surface area contributed by atoms with Crippen LogP contribution < -0.4 is 11.1 Å². The summed E-state index contributed by atoms with van der Waals surface area (Å²) < 4.78 is 5.09. The van der Waals surface area contributed by atoms with Crippen molar-refractivity contribution in [3.8, 4) is 0 Å². The van der Waals surface area contributed by atoms with Crippen LogP contribution >= 0.6 is 0 Å². The molecular weight excluding hydrogens is 240 g/mol. The minimum Gasteiger partial charge on any atom is -0.380 e. The molecule has 0 saturated heterocycles. The highest BCUT2D eigenvalue weighted by atomic mass is 16.5. The van der Waals surface area contributed by atoms with Gasteiger partial charge in [0.2, 0.25) is 5.91 Å². The minimum atomic E-state index is 0.0810. The molecule has 0 heterocycles. The first kappa shape index (κ1) is 15.7. The SMILES string of the molecule is COCc1cccc(CNC(=O)CCC(C)CN)c1. The summed E-state index contributed by atoms with van der Waals surface area (Å²) >= 11 is 0. The Hall–Kier alpha value is -1.39. The molecule has 1 amide bonds. The summed E-state index contributed by atoms with van der Waals surface area (Å²) in [4.78, 5) is 11.7. The summed E-state index contributed by atoms with van der Waals surface area (Å²) in [6.45, 7) is 3.84. The number of nitrogens with one attached hydrogen (secondary N) is 1. The van der Waals surface area contributed by atoms with E-state index in [2.05, 4.69) is 12.2 Å². The monoisotopic (exact) mass is 264 g/mol. The van der Waals surface area contributed by atoms with Crippen molar-refractivity contribution in [1.82, 2.24) is 5.32 Å². The lowest BCUT2D eigenvalue weighted by Gasteiger charge is -2.09. The lowest BCUT2D eigenvalue weighted by Crippen LogP contribution is -2.24. The van der Waals surface area contributed by atoms with Crippen LogP contribution in [0.5, 0.6) is 0 Å². The number of benzene rings is 1. The van der Waals surface area contributed by atoms with Gasteiger partial charge in [0.1, 0.15) is 0 Å². The van der Waals surface area contributed by atoms with Crippen molar-refractivity contribution < 1.29 is 9.53 Å². The van der Waals surface area contributed by atoms with Gasteiger partial charge in [-0.25, -0.2) is 0 Å². The zero-order valence-corrected chi connectivity index (χ0v) is 11.8. The smallest absolute Gasteiger partial charge is 0.220 e. The molecule has 0 saturated carbocycles. The van der Waals surface area contributed by atoms with E-state index in [1.807, 2.05) is 24.3 Å². The third kappa shape index (κ3) is 6.36.